The first-order chi connectivity index (χ1) is 10.4. The topological polar surface area (TPSA) is 69.6 Å². The zero-order valence-corrected chi connectivity index (χ0v) is 12.4. The number of aromatic carboxylic acids is 1. The number of alkyl halides is 1. The van der Waals surface area contributed by atoms with Gasteiger partial charge in [-0.25, -0.2) is 9.18 Å². The third-order valence-electron chi connectivity index (χ3n) is 4.84. The number of carbonyl (C=O) groups excluding carboxylic acids is 1. The molecule has 1 aromatic carbocycles. The zero-order valence-electron chi connectivity index (χ0n) is 12.4. The van der Waals surface area contributed by atoms with Gasteiger partial charge in [-0.05, 0) is 31.2 Å². The molecule has 2 aliphatic rings. The van der Waals surface area contributed by atoms with Crippen LogP contribution in [0.1, 0.15) is 35.3 Å². The van der Waals surface area contributed by atoms with Crippen molar-refractivity contribution in [3.63, 3.8) is 0 Å². The quantitative estimate of drug-likeness (QED) is 0.890. The molecule has 0 aliphatic carbocycles. The average Bonchev–Trinajstić information content (AvgIpc) is 2.79. The SMILES string of the molecule is CC(c1ccc(C(=O)O)cc1)N1C[C@@H]2CNCC[C@]2(F)C1=O. The third-order valence-corrected chi connectivity index (χ3v) is 4.84. The maximum absolute atomic E-state index is 14.9. The molecule has 0 saturated carbocycles. The number of rotatable bonds is 3. The molecule has 3 atom stereocenters. The minimum Gasteiger partial charge on any atom is -0.478 e. The summed E-state index contributed by atoms with van der Waals surface area (Å²) in [4.78, 5) is 24.9. The fourth-order valence-corrected chi connectivity index (χ4v) is 3.38. The Morgan fingerprint density at radius 1 is 1.45 bits per heavy atom. The molecule has 1 aromatic rings. The summed E-state index contributed by atoms with van der Waals surface area (Å²) in [7, 11) is 0. The number of benzene rings is 1. The Labute approximate surface area is 128 Å². The van der Waals surface area contributed by atoms with E-state index in [0.717, 1.165) is 5.56 Å². The monoisotopic (exact) mass is 306 g/mol. The summed E-state index contributed by atoms with van der Waals surface area (Å²) in [5.41, 5.74) is -0.738. The van der Waals surface area contributed by atoms with Crippen molar-refractivity contribution in [2.45, 2.75) is 25.1 Å². The molecule has 118 valence electrons. The lowest BCUT2D eigenvalue weighted by atomic mass is 9.86. The Bertz CT molecular complexity index is 604. The van der Waals surface area contributed by atoms with E-state index in [0.29, 0.717) is 19.6 Å². The maximum atomic E-state index is 14.9. The number of amides is 1. The van der Waals surface area contributed by atoms with Crippen LogP contribution in [0.5, 0.6) is 0 Å². The third kappa shape index (κ3) is 2.27. The van der Waals surface area contributed by atoms with Crippen molar-refractivity contribution in [1.82, 2.24) is 10.2 Å². The van der Waals surface area contributed by atoms with E-state index in [4.69, 9.17) is 5.11 Å². The van der Waals surface area contributed by atoms with Gasteiger partial charge < -0.3 is 15.3 Å². The second kappa shape index (κ2) is 5.35. The molecule has 0 radical (unpaired) electrons. The highest BCUT2D eigenvalue weighted by molar-refractivity contribution is 5.89. The van der Waals surface area contributed by atoms with E-state index in [1.54, 1.807) is 17.0 Å². The zero-order chi connectivity index (χ0) is 15.9. The molecule has 5 nitrogen and oxygen atoms in total. The Morgan fingerprint density at radius 3 is 2.73 bits per heavy atom. The van der Waals surface area contributed by atoms with Crippen molar-refractivity contribution in [3.8, 4) is 0 Å². The number of hydrogen-bond donors (Lipinski definition) is 2. The van der Waals surface area contributed by atoms with Gasteiger partial charge in [-0.2, -0.15) is 0 Å². The van der Waals surface area contributed by atoms with E-state index in [9.17, 15) is 14.0 Å². The van der Waals surface area contributed by atoms with Crippen LogP contribution >= 0.6 is 0 Å². The van der Waals surface area contributed by atoms with E-state index in [1.807, 2.05) is 6.92 Å². The molecule has 2 heterocycles. The van der Waals surface area contributed by atoms with Crippen molar-refractivity contribution >= 4 is 11.9 Å². The Balaban J connectivity index is 1.82. The van der Waals surface area contributed by atoms with Crippen LogP contribution in [0.3, 0.4) is 0 Å². The summed E-state index contributed by atoms with van der Waals surface area (Å²) in [6.45, 7) is 3.28. The van der Waals surface area contributed by atoms with Gasteiger partial charge >= 0.3 is 5.97 Å². The van der Waals surface area contributed by atoms with Gasteiger partial charge in [-0.15, -0.1) is 0 Å². The molecule has 2 aliphatic heterocycles. The van der Waals surface area contributed by atoms with E-state index in [2.05, 4.69) is 5.32 Å². The number of fused-ring (bicyclic) bond motifs is 1. The standard InChI is InChI=1S/C16H19FN2O3/c1-10(11-2-4-12(5-3-11)14(20)21)19-9-13-8-18-7-6-16(13,17)15(19)22/h2-5,10,13,18H,6-9H2,1H3,(H,20,21)/t10?,13-,16+/m0/s1. The van der Waals surface area contributed by atoms with Crippen LogP contribution in [0.25, 0.3) is 0 Å². The van der Waals surface area contributed by atoms with Crippen LogP contribution in [0.15, 0.2) is 24.3 Å². The number of halogens is 1. The highest BCUT2D eigenvalue weighted by Gasteiger charge is 2.56. The molecule has 2 fully saturated rings. The van der Waals surface area contributed by atoms with Gasteiger partial charge in [-0.3, -0.25) is 4.79 Å². The molecule has 2 saturated heterocycles. The average molecular weight is 306 g/mol. The van der Waals surface area contributed by atoms with Gasteiger partial charge in [0.15, 0.2) is 5.67 Å². The van der Waals surface area contributed by atoms with Gasteiger partial charge in [0.05, 0.1) is 11.6 Å². The number of carbonyl (C=O) groups is 2. The lowest BCUT2D eigenvalue weighted by molar-refractivity contribution is -0.141. The van der Waals surface area contributed by atoms with Crippen LogP contribution in [0.2, 0.25) is 0 Å². The van der Waals surface area contributed by atoms with Crippen LogP contribution in [0, 0.1) is 5.92 Å². The second-order valence-electron chi connectivity index (χ2n) is 6.07. The van der Waals surface area contributed by atoms with E-state index >= 15 is 0 Å². The number of piperidine rings is 1. The highest BCUT2D eigenvalue weighted by Crippen LogP contribution is 2.40. The molecule has 0 aromatic heterocycles. The summed E-state index contributed by atoms with van der Waals surface area (Å²) in [5, 5.41) is 12.1. The molecule has 1 unspecified atom stereocenters. The fourth-order valence-electron chi connectivity index (χ4n) is 3.38. The number of nitrogens with one attached hydrogen (secondary N) is 1. The summed E-state index contributed by atoms with van der Waals surface area (Å²) < 4.78 is 14.9. The van der Waals surface area contributed by atoms with Gasteiger partial charge in [0.1, 0.15) is 0 Å². The van der Waals surface area contributed by atoms with Crippen molar-refractivity contribution < 1.29 is 19.1 Å². The van der Waals surface area contributed by atoms with E-state index in [-0.39, 0.29) is 23.9 Å². The molecule has 0 spiro atoms. The molecule has 3 rings (SSSR count). The molecule has 2 N–H and O–H groups in total. The first kappa shape index (κ1) is 15.0. The lowest BCUT2D eigenvalue weighted by Gasteiger charge is -2.29. The summed E-state index contributed by atoms with van der Waals surface area (Å²) in [5.74, 6) is -1.74. The predicted octanol–water partition coefficient (Wildman–Crippen LogP) is 1.61. The molecule has 6 heteroatoms. The Morgan fingerprint density at radius 2 is 2.14 bits per heavy atom. The van der Waals surface area contributed by atoms with Crippen LogP contribution in [-0.4, -0.2) is 47.2 Å². The predicted molar refractivity (Wildman–Crippen MR) is 78.3 cm³/mol. The minimum absolute atomic E-state index is 0.198. The molecular weight excluding hydrogens is 287 g/mol. The molecular formula is C16H19FN2O3. The minimum atomic E-state index is -1.75. The normalized spacial score (nSPS) is 29.3. The van der Waals surface area contributed by atoms with E-state index < -0.39 is 17.5 Å². The van der Waals surface area contributed by atoms with Crippen molar-refractivity contribution in [2.75, 3.05) is 19.6 Å². The number of nitrogens with zero attached hydrogens (tertiary/aromatic N) is 1. The first-order valence-electron chi connectivity index (χ1n) is 7.47. The summed E-state index contributed by atoms with van der Waals surface area (Å²) >= 11 is 0. The number of likely N-dealkylation sites (tertiary alicyclic amines) is 1. The molecule has 22 heavy (non-hydrogen) atoms. The van der Waals surface area contributed by atoms with Crippen molar-refractivity contribution in [2.24, 2.45) is 5.92 Å². The smallest absolute Gasteiger partial charge is 0.335 e. The van der Waals surface area contributed by atoms with E-state index in [1.165, 1.54) is 12.1 Å². The van der Waals surface area contributed by atoms with Crippen LogP contribution < -0.4 is 5.32 Å². The van der Waals surface area contributed by atoms with Gasteiger partial charge in [0, 0.05) is 25.4 Å². The largest absolute Gasteiger partial charge is 0.478 e. The Kier molecular flexibility index (Phi) is 3.64. The van der Waals surface area contributed by atoms with Gasteiger partial charge in [0.2, 0.25) is 0 Å². The number of carboxylic acid groups (broad SMARTS) is 1. The van der Waals surface area contributed by atoms with Gasteiger partial charge in [-0.1, -0.05) is 12.1 Å². The highest BCUT2D eigenvalue weighted by atomic mass is 19.1. The fraction of sp³-hybridized carbons (Fsp3) is 0.500. The number of carboxylic acids is 1. The second-order valence-corrected chi connectivity index (χ2v) is 6.07. The summed E-state index contributed by atoms with van der Waals surface area (Å²) in [6, 6.07) is 6.12. The molecule has 0 bridgehead atoms. The number of hydrogen-bond acceptors (Lipinski definition) is 3. The van der Waals surface area contributed by atoms with Crippen LogP contribution in [-0.2, 0) is 4.79 Å². The molecule has 1 amide bonds. The summed E-state index contributed by atoms with van der Waals surface area (Å²) in [6.07, 6.45) is 0.220. The Hall–Kier alpha value is -1.95. The van der Waals surface area contributed by atoms with Crippen LogP contribution in [0.4, 0.5) is 4.39 Å². The van der Waals surface area contributed by atoms with Crippen molar-refractivity contribution in [3.05, 3.63) is 35.4 Å². The first-order valence-corrected chi connectivity index (χ1v) is 7.47. The maximum Gasteiger partial charge on any atom is 0.335 e. The lowest BCUT2D eigenvalue weighted by Crippen LogP contribution is -2.49. The van der Waals surface area contributed by atoms with Gasteiger partial charge in [0.25, 0.3) is 5.91 Å². The van der Waals surface area contributed by atoms with Crippen molar-refractivity contribution in [1.29, 1.82) is 0 Å².